The van der Waals surface area contributed by atoms with Gasteiger partial charge < -0.3 is 19.9 Å². The van der Waals surface area contributed by atoms with E-state index in [9.17, 15) is 14.4 Å². The van der Waals surface area contributed by atoms with Gasteiger partial charge in [0.25, 0.3) is 0 Å². The first-order valence-corrected chi connectivity index (χ1v) is 14.2. The van der Waals surface area contributed by atoms with Gasteiger partial charge in [-0.15, -0.1) is 0 Å². The number of hydrogen-bond acceptors (Lipinski definition) is 5. The van der Waals surface area contributed by atoms with E-state index in [0.717, 1.165) is 74.3 Å². The number of carbonyl (C=O) groups excluding carboxylic acids is 3. The highest BCUT2D eigenvalue weighted by atomic mass is 16.8. The molecule has 3 N–H and O–H groups in total. The van der Waals surface area contributed by atoms with E-state index in [-0.39, 0.29) is 24.1 Å². The largest absolute Gasteiger partial charge is 0.361 e. The van der Waals surface area contributed by atoms with Gasteiger partial charge >= 0.3 is 0 Å². The zero-order valence-electron chi connectivity index (χ0n) is 22.5. The van der Waals surface area contributed by atoms with Crippen molar-refractivity contribution in [2.24, 2.45) is 5.92 Å². The molecule has 0 aliphatic carbocycles. The molecule has 2 aliphatic heterocycles. The second kappa shape index (κ2) is 14.3. The molecule has 9 heteroatoms. The van der Waals surface area contributed by atoms with Crippen molar-refractivity contribution in [2.45, 2.75) is 89.4 Å². The first-order chi connectivity index (χ1) is 18.5. The van der Waals surface area contributed by atoms with Gasteiger partial charge in [-0.2, -0.15) is 0 Å². The quantitative estimate of drug-likeness (QED) is 0.493. The van der Waals surface area contributed by atoms with E-state index in [4.69, 9.17) is 9.57 Å². The van der Waals surface area contributed by atoms with Crippen LogP contribution in [0.3, 0.4) is 0 Å². The van der Waals surface area contributed by atoms with Crippen LogP contribution >= 0.6 is 0 Å². The van der Waals surface area contributed by atoms with Crippen molar-refractivity contribution in [1.82, 2.24) is 20.7 Å². The first kappa shape index (κ1) is 28.1. The number of H-pyrrole nitrogens is 1. The van der Waals surface area contributed by atoms with E-state index in [1.807, 2.05) is 30.5 Å². The summed E-state index contributed by atoms with van der Waals surface area (Å²) < 4.78 is 5.51. The van der Waals surface area contributed by atoms with Crippen LogP contribution < -0.4 is 10.8 Å². The molecule has 0 bridgehead atoms. The predicted octanol–water partition coefficient (Wildman–Crippen LogP) is 3.98. The number of ether oxygens (including phenoxy) is 1. The molecule has 2 aromatic rings. The van der Waals surface area contributed by atoms with Crippen molar-refractivity contribution >= 4 is 28.6 Å². The van der Waals surface area contributed by atoms with Crippen LogP contribution in [0, 0.1) is 5.92 Å². The molecule has 38 heavy (non-hydrogen) atoms. The fourth-order valence-corrected chi connectivity index (χ4v) is 5.36. The third kappa shape index (κ3) is 8.04. The van der Waals surface area contributed by atoms with Crippen LogP contribution in [-0.4, -0.2) is 60.1 Å². The number of fused-ring (bicyclic) bond motifs is 1. The summed E-state index contributed by atoms with van der Waals surface area (Å²) in [6, 6.07) is 7.23. The van der Waals surface area contributed by atoms with Crippen LogP contribution in [0.25, 0.3) is 10.9 Å². The molecule has 2 saturated heterocycles. The van der Waals surface area contributed by atoms with Gasteiger partial charge in [0.05, 0.1) is 0 Å². The maximum Gasteiger partial charge on any atom is 0.245 e. The zero-order valence-corrected chi connectivity index (χ0v) is 22.5. The standard InChI is InChI=1S/C29H42N4O5/c1-33-16-10-5-3-2-4-6-12-21(19-26(34)32-38-27-15-9-11-17-37-27)28(35)31-25(29(33)36)18-22-20-30-24-14-8-7-13-23(22)24/h7-8,13-14,20-21,25,27,30H,2-6,9-12,15-19H2,1H3,(H,31,35)(H,32,34)/t21?,25?,27-/m0/s1. The lowest BCUT2D eigenvalue weighted by Crippen LogP contribution is -2.50. The van der Waals surface area contributed by atoms with Crippen LogP contribution in [0.1, 0.15) is 76.2 Å². The van der Waals surface area contributed by atoms with Crippen molar-refractivity contribution in [3.63, 3.8) is 0 Å². The summed E-state index contributed by atoms with van der Waals surface area (Å²) in [6.07, 6.45) is 11.2. The SMILES string of the molecule is CN1CCCCCCCCC(CC(=O)NO[C@H]2CCCCO2)C(=O)NC(Cc2c[nH]c3ccccc23)C1=O. The van der Waals surface area contributed by atoms with Gasteiger partial charge in [-0.25, -0.2) is 10.3 Å². The number of benzene rings is 1. The molecule has 2 aliphatic rings. The average Bonchev–Trinajstić information content (AvgIpc) is 3.34. The van der Waals surface area contributed by atoms with Crippen molar-refractivity contribution in [2.75, 3.05) is 20.2 Å². The number of carbonyl (C=O) groups is 3. The molecule has 9 nitrogen and oxygen atoms in total. The topological polar surface area (TPSA) is 113 Å². The molecule has 2 fully saturated rings. The van der Waals surface area contributed by atoms with Gasteiger partial charge in [0.15, 0.2) is 6.29 Å². The Bertz CT molecular complexity index is 1060. The van der Waals surface area contributed by atoms with Gasteiger partial charge in [-0.3, -0.25) is 14.4 Å². The average molecular weight is 527 g/mol. The van der Waals surface area contributed by atoms with E-state index in [1.165, 1.54) is 0 Å². The molecule has 3 atom stereocenters. The summed E-state index contributed by atoms with van der Waals surface area (Å²) in [5, 5.41) is 4.06. The van der Waals surface area contributed by atoms with E-state index < -0.39 is 18.2 Å². The Labute approximate surface area is 224 Å². The zero-order chi connectivity index (χ0) is 26.7. The summed E-state index contributed by atoms with van der Waals surface area (Å²) >= 11 is 0. The Hall–Kier alpha value is -2.91. The molecular formula is C29H42N4O5. The third-order valence-electron chi connectivity index (χ3n) is 7.63. The molecule has 208 valence electrons. The lowest BCUT2D eigenvalue weighted by Gasteiger charge is -2.27. The van der Waals surface area contributed by atoms with Crippen molar-refractivity contribution in [1.29, 1.82) is 0 Å². The summed E-state index contributed by atoms with van der Waals surface area (Å²) in [5.41, 5.74) is 4.45. The second-order valence-corrected chi connectivity index (χ2v) is 10.6. The number of amides is 3. The smallest absolute Gasteiger partial charge is 0.245 e. The minimum Gasteiger partial charge on any atom is -0.361 e. The van der Waals surface area contributed by atoms with Crippen LogP contribution in [0.2, 0.25) is 0 Å². The summed E-state index contributed by atoms with van der Waals surface area (Å²) in [5.74, 6) is -1.27. The van der Waals surface area contributed by atoms with Gasteiger partial charge in [0.2, 0.25) is 17.7 Å². The van der Waals surface area contributed by atoms with Gasteiger partial charge in [0, 0.05) is 62.5 Å². The molecular weight excluding hydrogens is 484 g/mol. The Morgan fingerprint density at radius 3 is 2.63 bits per heavy atom. The highest BCUT2D eigenvalue weighted by Gasteiger charge is 2.30. The highest BCUT2D eigenvalue weighted by Crippen LogP contribution is 2.22. The molecule has 0 spiro atoms. The number of para-hydroxylation sites is 1. The lowest BCUT2D eigenvalue weighted by molar-refractivity contribution is -0.200. The highest BCUT2D eigenvalue weighted by molar-refractivity contribution is 5.91. The predicted molar refractivity (Wildman–Crippen MR) is 145 cm³/mol. The maximum atomic E-state index is 13.5. The minimum absolute atomic E-state index is 0.00237. The normalized spacial score (nSPS) is 24.6. The van der Waals surface area contributed by atoms with E-state index in [1.54, 1.807) is 11.9 Å². The monoisotopic (exact) mass is 526 g/mol. The Morgan fingerprint density at radius 2 is 1.82 bits per heavy atom. The lowest BCUT2D eigenvalue weighted by atomic mass is 9.94. The molecule has 3 heterocycles. The molecule has 0 radical (unpaired) electrons. The fourth-order valence-electron chi connectivity index (χ4n) is 5.36. The van der Waals surface area contributed by atoms with E-state index >= 15 is 0 Å². The Morgan fingerprint density at radius 1 is 1.05 bits per heavy atom. The number of rotatable bonds is 6. The number of hydrogen-bond donors (Lipinski definition) is 3. The number of aromatic nitrogens is 1. The molecule has 4 rings (SSSR count). The molecule has 1 aromatic heterocycles. The minimum atomic E-state index is -0.716. The summed E-state index contributed by atoms with van der Waals surface area (Å²) in [4.78, 5) is 50.2. The van der Waals surface area contributed by atoms with Crippen molar-refractivity contribution < 1.29 is 24.0 Å². The van der Waals surface area contributed by atoms with Crippen LogP contribution in [0.15, 0.2) is 30.5 Å². The number of aromatic amines is 1. The molecule has 3 amide bonds. The number of nitrogens with one attached hydrogen (secondary N) is 3. The van der Waals surface area contributed by atoms with Gasteiger partial charge in [-0.1, -0.05) is 50.3 Å². The van der Waals surface area contributed by atoms with Crippen LogP contribution in [0.4, 0.5) is 0 Å². The number of hydroxylamine groups is 1. The first-order valence-electron chi connectivity index (χ1n) is 14.2. The molecule has 2 unspecified atom stereocenters. The van der Waals surface area contributed by atoms with Crippen LogP contribution in [-0.2, 0) is 30.4 Å². The third-order valence-corrected chi connectivity index (χ3v) is 7.63. The fraction of sp³-hybridized carbons (Fsp3) is 0.621. The Balaban J connectivity index is 1.46. The van der Waals surface area contributed by atoms with Gasteiger partial charge in [-0.05, 0) is 37.3 Å². The molecule has 1 aromatic carbocycles. The number of likely N-dealkylation sites (N-methyl/N-ethyl adjacent to an activating group) is 1. The van der Waals surface area contributed by atoms with E-state index in [2.05, 4.69) is 15.8 Å². The second-order valence-electron chi connectivity index (χ2n) is 10.6. The Kier molecular flexibility index (Phi) is 10.6. The number of nitrogens with zero attached hydrogens (tertiary/aromatic N) is 1. The van der Waals surface area contributed by atoms with Crippen molar-refractivity contribution in [3.05, 3.63) is 36.0 Å². The van der Waals surface area contributed by atoms with Gasteiger partial charge in [0.1, 0.15) is 6.04 Å². The summed E-state index contributed by atoms with van der Waals surface area (Å²) in [6.45, 7) is 1.28. The van der Waals surface area contributed by atoms with Crippen LogP contribution in [0.5, 0.6) is 0 Å². The summed E-state index contributed by atoms with van der Waals surface area (Å²) in [7, 11) is 1.80. The molecule has 0 saturated carbocycles. The van der Waals surface area contributed by atoms with E-state index in [0.29, 0.717) is 26.0 Å². The maximum absolute atomic E-state index is 13.5. The van der Waals surface area contributed by atoms with Crippen molar-refractivity contribution in [3.8, 4) is 0 Å².